The number of para-hydroxylation sites is 2. The van der Waals surface area contributed by atoms with Crippen molar-refractivity contribution in [2.45, 2.75) is 26.1 Å². The van der Waals surface area contributed by atoms with Crippen LogP contribution in [0.5, 0.6) is 0 Å². The molecule has 0 aliphatic heterocycles. The van der Waals surface area contributed by atoms with Gasteiger partial charge in [-0.05, 0) is 19.1 Å². The third kappa shape index (κ3) is 2.23. The van der Waals surface area contributed by atoms with Crippen LogP contribution in [0.15, 0.2) is 24.3 Å². The maximum absolute atomic E-state index is 12.2. The normalized spacial score (nSPS) is 12.0. The van der Waals surface area contributed by atoms with Crippen LogP contribution in [0.1, 0.15) is 12.7 Å². The fourth-order valence-electron chi connectivity index (χ4n) is 1.86. The molecule has 2 rings (SSSR count). The summed E-state index contributed by atoms with van der Waals surface area (Å²) in [4.78, 5) is 15.1. The molecule has 0 spiro atoms. The largest absolute Gasteiger partial charge is 0.450 e. The SMILES string of the molecule is CCn1c(CC(=O)C(F)(F)F)nc2ccccc21. The third-order valence-corrected chi connectivity index (χ3v) is 2.68. The average Bonchev–Trinajstić information content (AvgIpc) is 2.64. The second-order valence-electron chi connectivity index (χ2n) is 3.86. The quantitative estimate of drug-likeness (QED) is 0.846. The second-order valence-corrected chi connectivity index (χ2v) is 3.86. The fraction of sp³-hybridized carbons (Fsp3) is 0.333. The summed E-state index contributed by atoms with van der Waals surface area (Å²) in [5.74, 6) is -1.62. The van der Waals surface area contributed by atoms with E-state index in [0.29, 0.717) is 12.1 Å². The van der Waals surface area contributed by atoms with Gasteiger partial charge in [-0.2, -0.15) is 13.2 Å². The Kier molecular flexibility index (Phi) is 3.11. The van der Waals surface area contributed by atoms with Gasteiger partial charge in [-0.3, -0.25) is 4.79 Å². The van der Waals surface area contributed by atoms with Gasteiger partial charge in [0.15, 0.2) is 0 Å². The van der Waals surface area contributed by atoms with Crippen LogP contribution in [0.25, 0.3) is 11.0 Å². The van der Waals surface area contributed by atoms with Crippen LogP contribution >= 0.6 is 0 Å². The number of carbonyl (C=O) groups is 1. The fourth-order valence-corrected chi connectivity index (χ4v) is 1.86. The molecular weight excluding hydrogens is 245 g/mol. The Morgan fingerprint density at radius 2 is 2.00 bits per heavy atom. The molecule has 6 heteroatoms. The lowest BCUT2D eigenvalue weighted by Gasteiger charge is -2.07. The first-order chi connectivity index (χ1) is 8.43. The minimum Gasteiger partial charge on any atom is -0.328 e. The first-order valence-electron chi connectivity index (χ1n) is 5.47. The number of ketones is 1. The van der Waals surface area contributed by atoms with Gasteiger partial charge in [0, 0.05) is 6.54 Å². The lowest BCUT2D eigenvalue weighted by molar-refractivity contribution is -0.170. The van der Waals surface area contributed by atoms with Crippen molar-refractivity contribution in [2.24, 2.45) is 0 Å². The van der Waals surface area contributed by atoms with Gasteiger partial charge in [-0.25, -0.2) is 4.98 Å². The van der Waals surface area contributed by atoms with Crippen LogP contribution in [-0.4, -0.2) is 21.5 Å². The van der Waals surface area contributed by atoms with Crippen molar-refractivity contribution >= 4 is 16.8 Å². The zero-order valence-corrected chi connectivity index (χ0v) is 9.66. The number of hydrogen-bond donors (Lipinski definition) is 0. The summed E-state index contributed by atoms with van der Waals surface area (Å²) in [6, 6.07) is 7.02. The van der Waals surface area contributed by atoms with E-state index in [2.05, 4.69) is 4.98 Å². The Hall–Kier alpha value is -1.85. The number of hydrogen-bond acceptors (Lipinski definition) is 2. The third-order valence-electron chi connectivity index (χ3n) is 2.68. The Bertz CT molecular complexity index is 587. The highest BCUT2D eigenvalue weighted by Crippen LogP contribution is 2.21. The summed E-state index contributed by atoms with van der Waals surface area (Å²) in [6.07, 6.45) is -5.53. The van der Waals surface area contributed by atoms with Crippen molar-refractivity contribution in [3.05, 3.63) is 30.1 Å². The topological polar surface area (TPSA) is 34.9 Å². The predicted molar refractivity (Wildman–Crippen MR) is 60.2 cm³/mol. The van der Waals surface area contributed by atoms with E-state index in [1.165, 1.54) is 0 Å². The zero-order valence-electron chi connectivity index (χ0n) is 9.66. The summed E-state index contributed by atoms with van der Waals surface area (Å²) in [6.45, 7) is 2.27. The molecule has 18 heavy (non-hydrogen) atoms. The van der Waals surface area contributed by atoms with Gasteiger partial charge in [-0.1, -0.05) is 12.1 Å². The molecule has 0 atom stereocenters. The van der Waals surface area contributed by atoms with E-state index < -0.39 is 18.4 Å². The molecule has 0 saturated heterocycles. The Labute approximate surface area is 101 Å². The van der Waals surface area contributed by atoms with E-state index in [1.807, 2.05) is 0 Å². The average molecular weight is 256 g/mol. The van der Waals surface area contributed by atoms with E-state index in [9.17, 15) is 18.0 Å². The van der Waals surface area contributed by atoms with Crippen molar-refractivity contribution in [1.29, 1.82) is 0 Å². The van der Waals surface area contributed by atoms with Crippen LogP contribution in [-0.2, 0) is 17.8 Å². The highest BCUT2D eigenvalue weighted by atomic mass is 19.4. The molecule has 0 fully saturated rings. The van der Waals surface area contributed by atoms with Gasteiger partial charge in [0.05, 0.1) is 17.5 Å². The van der Waals surface area contributed by atoms with Gasteiger partial charge >= 0.3 is 6.18 Å². The molecular formula is C12H11F3N2O. The molecule has 2 aromatic rings. The molecule has 0 unspecified atom stereocenters. The zero-order chi connectivity index (χ0) is 13.3. The summed E-state index contributed by atoms with van der Waals surface area (Å²) >= 11 is 0. The molecule has 1 aromatic heterocycles. The number of imidazole rings is 1. The maximum atomic E-state index is 12.2. The molecule has 0 amide bonds. The lowest BCUT2D eigenvalue weighted by atomic mass is 10.2. The van der Waals surface area contributed by atoms with Gasteiger partial charge in [0.1, 0.15) is 5.82 Å². The number of alkyl halides is 3. The lowest BCUT2D eigenvalue weighted by Crippen LogP contribution is -2.26. The number of Topliss-reactive ketones (excluding diaryl/α,β-unsaturated/α-hetero) is 1. The first kappa shape index (κ1) is 12.6. The monoisotopic (exact) mass is 256 g/mol. The molecule has 0 radical (unpaired) electrons. The number of fused-ring (bicyclic) bond motifs is 1. The number of aromatic nitrogens is 2. The van der Waals surface area contributed by atoms with Crippen molar-refractivity contribution in [1.82, 2.24) is 9.55 Å². The van der Waals surface area contributed by atoms with Crippen molar-refractivity contribution in [3.8, 4) is 0 Å². The second kappa shape index (κ2) is 4.44. The van der Waals surface area contributed by atoms with E-state index in [4.69, 9.17) is 0 Å². The highest BCUT2D eigenvalue weighted by Gasteiger charge is 2.38. The van der Waals surface area contributed by atoms with Gasteiger partial charge in [-0.15, -0.1) is 0 Å². The Balaban J connectivity index is 2.42. The predicted octanol–water partition coefficient (Wildman–Crippen LogP) is 2.73. The number of carbonyl (C=O) groups excluding carboxylic acids is 1. The van der Waals surface area contributed by atoms with E-state index in [-0.39, 0.29) is 5.82 Å². The minimum atomic E-state index is -4.81. The van der Waals surface area contributed by atoms with Crippen molar-refractivity contribution in [3.63, 3.8) is 0 Å². The summed E-state index contributed by atoms with van der Waals surface area (Å²) in [5, 5.41) is 0. The number of rotatable bonds is 3. The highest BCUT2D eigenvalue weighted by molar-refractivity contribution is 5.86. The van der Waals surface area contributed by atoms with E-state index in [1.54, 1.807) is 35.8 Å². The molecule has 0 aliphatic rings. The number of benzene rings is 1. The number of halogens is 3. The van der Waals surface area contributed by atoms with Gasteiger partial charge < -0.3 is 4.57 Å². The minimum absolute atomic E-state index is 0.154. The summed E-state index contributed by atoms with van der Waals surface area (Å²) in [5.41, 5.74) is 1.34. The van der Waals surface area contributed by atoms with Crippen LogP contribution in [0.3, 0.4) is 0 Å². The number of aryl methyl sites for hydroxylation is 1. The first-order valence-corrected chi connectivity index (χ1v) is 5.47. The van der Waals surface area contributed by atoms with E-state index in [0.717, 1.165) is 5.52 Å². The van der Waals surface area contributed by atoms with Crippen molar-refractivity contribution in [2.75, 3.05) is 0 Å². The molecule has 3 nitrogen and oxygen atoms in total. The summed E-state index contributed by atoms with van der Waals surface area (Å²) < 4.78 is 38.3. The standard InChI is InChI=1S/C12H11F3N2O/c1-2-17-9-6-4-3-5-8(9)16-11(17)7-10(18)12(13,14)15/h3-6H,2,7H2,1H3. The van der Waals surface area contributed by atoms with E-state index >= 15 is 0 Å². The Morgan fingerprint density at radius 1 is 1.33 bits per heavy atom. The molecule has 0 bridgehead atoms. The maximum Gasteiger partial charge on any atom is 0.450 e. The molecule has 0 saturated carbocycles. The molecule has 1 aromatic carbocycles. The smallest absolute Gasteiger partial charge is 0.328 e. The van der Waals surface area contributed by atoms with Crippen LogP contribution < -0.4 is 0 Å². The Morgan fingerprint density at radius 3 is 2.61 bits per heavy atom. The van der Waals surface area contributed by atoms with Gasteiger partial charge in [0.25, 0.3) is 0 Å². The molecule has 96 valence electrons. The van der Waals surface area contributed by atoms with Crippen molar-refractivity contribution < 1.29 is 18.0 Å². The number of nitrogens with zero attached hydrogens (tertiary/aromatic N) is 2. The van der Waals surface area contributed by atoms with Crippen LogP contribution in [0, 0.1) is 0 Å². The van der Waals surface area contributed by atoms with Gasteiger partial charge in [0.2, 0.25) is 5.78 Å². The molecule has 0 aliphatic carbocycles. The van der Waals surface area contributed by atoms with Crippen LogP contribution in [0.2, 0.25) is 0 Å². The summed E-state index contributed by atoms with van der Waals surface area (Å²) in [7, 11) is 0. The molecule has 1 heterocycles. The molecule has 0 N–H and O–H groups in total. The van der Waals surface area contributed by atoms with Crippen LogP contribution in [0.4, 0.5) is 13.2 Å².